The van der Waals surface area contributed by atoms with Crippen molar-refractivity contribution in [3.63, 3.8) is 0 Å². The normalized spacial score (nSPS) is 11.5. The van der Waals surface area contributed by atoms with Crippen LogP contribution in [0.4, 0.5) is 5.69 Å². The minimum Gasteiger partial charge on any atom is -0.385 e. The predicted octanol–water partition coefficient (Wildman–Crippen LogP) is 2.29. The number of pyridine rings is 1. The third kappa shape index (κ3) is 4.95. The van der Waals surface area contributed by atoms with Crippen molar-refractivity contribution in [1.29, 1.82) is 0 Å². The van der Waals surface area contributed by atoms with Crippen molar-refractivity contribution in [2.45, 2.75) is 19.9 Å². The number of benzene rings is 1. The van der Waals surface area contributed by atoms with E-state index in [4.69, 9.17) is 0 Å². The van der Waals surface area contributed by atoms with Gasteiger partial charge in [0.05, 0.1) is 0 Å². The molecule has 0 aliphatic rings. The number of rotatable bonds is 8. The van der Waals surface area contributed by atoms with Crippen molar-refractivity contribution in [1.82, 2.24) is 25.2 Å². The molecule has 2 aromatic heterocycles. The molecule has 3 aromatic rings. The fourth-order valence-corrected chi connectivity index (χ4v) is 2.57. The molecule has 7 nitrogen and oxygen atoms in total. The van der Waals surface area contributed by atoms with Gasteiger partial charge >= 0.3 is 0 Å². The molecule has 0 bridgehead atoms. The Morgan fingerprint density at radius 1 is 1.00 bits per heavy atom. The highest BCUT2D eigenvalue weighted by Crippen LogP contribution is 2.05. The lowest BCUT2D eigenvalue weighted by Gasteiger charge is -2.11. The predicted molar refractivity (Wildman–Crippen MR) is 105 cm³/mol. The molecule has 0 fully saturated rings. The first kappa shape index (κ1) is 17.7. The van der Waals surface area contributed by atoms with Crippen LogP contribution in [-0.2, 0) is 6.54 Å². The minimum absolute atomic E-state index is 0.475. The number of guanidine groups is 1. The topological polar surface area (TPSA) is 78.6 Å². The summed E-state index contributed by atoms with van der Waals surface area (Å²) in [6.07, 6.45) is 2.95. The van der Waals surface area contributed by atoms with Crippen LogP contribution in [0, 0.1) is 0 Å². The summed E-state index contributed by atoms with van der Waals surface area (Å²) in [6.45, 7) is 5.09. The lowest BCUT2D eigenvalue weighted by molar-refractivity contribution is 0.759. The lowest BCUT2D eigenvalue weighted by atomic mass is 10.3. The average molecular weight is 351 g/mol. The fourth-order valence-electron chi connectivity index (χ4n) is 2.57. The summed E-state index contributed by atoms with van der Waals surface area (Å²) in [7, 11) is 0. The van der Waals surface area contributed by atoms with Crippen molar-refractivity contribution in [3.8, 4) is 0 Å². The lowest BCUT2D eigenvalue weighted by Crippen LogP contribution is -2.38. The summed E-state index contributed by atoms with van der Waals surface area (Å²) in [4.78, 5) is 4.61. The smallest absolute Gasteiger partial charge is 0.191 e. The van der Waals surface area contributed by atoms with E-state index in [1.807, 2.05) is 47.0 Å². The van der Waals surface area contributed by atoms with Gasteiger partial charge in [0.1, 0.15) is 6.54 Å². The Hall–Kier alpha value is -3.09. The van der Waals surface area contributed by atoms with E-state index in [1.54, 1.807) is 0 Å². The largest absolute Gasteiger partial charge is 0.385 e. The molecule has 0 saturated carbocycles. The van der Waals surface area contributed by atoms with Gasteiger partial charge in [0.25, 0.3) is 0 Å². The summed E-state index contributed by atoms with van der Waals surface area (Å²) < 4.78 is 1.96. The molecule has 1 aromatic carbocycles. The van der Waals surface area contributed by atoms with E-state index in [2.05, 4.69) is 50.2 Å². The number of nitrogens with zero attached hydrogens (tertiary/aromatic N) is 4. The van der Waals surface area contributed by atoms with Crippen molar-refractivity contribution in [2.24, 2.45) is 4.99 Å². The van der Waals surface area contributed by atoms with E-state index in [0.29, 0.717) is 6.54 Å². The Balaban J connectivity index is 1.48. The van der Waals surface area contributed by atoms with E-state index >= 15 is 0 Å². The number of hydrogen-bond acceptors (Lipinski definition) is 4. The molecule has 7 heteroatoms. The summed E-state index contributed by atoms with van der Waals surface area (Å²) in [5.74, 6) is 1.61. The maximum atomic E-state index is 4.61. The second-order valence-electron chi connectivity index (χ2n) is 5.81. The number of aliphatic imine (C=N–C) groups is 1. The third-order valence-corrected chi connectivity index (χ3v) is 3.86. The number of para-hydroxylation sites is 1. The zero-order valence-electron chi connectivity index (χ0n) is 15.0. The molecule has 3 N–H and O–H groups in total. The highest BCUT2D eigenvalue weighted by Gasteiger charge is 2.04. The summed E-state index contributed by atoms with van der Waals surface area (Å²) in [6, 6.07) is 16.1. The number of anilines is 1. The molecule has 0 saturated heterocycles. The second-order valence-corrected chi connectivity index (χ2v) is 5.81. The number of aromatic nitrogens is 3. The first-order valence-corrected chi connectivity index (χ1v) is 8.96. The molecule has 26 heavy (non-hydrogen) atoms. The van der Waals surface area contributed by atoms with Gasteiger partial charge in [-0.05, 0) is 37.6 Å². The Morgan fingerprint density at radius 3 is 2.69 bits per heavy atom. The second kappa shape index (κ2) is 9.41. The van der Waals surface area contributed by atoms with Gasteiger partial charge < -0.3 is 16.0 Å². The monoisotopic (exact) mass is 351 g/mol. The number of hydrogen-bond donors (Lipinski definition) is 3. The van der Waals surface area contributed by atoms with Crippen LogP contribution >= 0.6 is 0 Å². The maximum absolute atomic E-state index is 4.61. The summed E-state index contributed by atoms with van der Waals surface area (Å²) in [5, 5.41) is 18.4. The van der Waals surface area contributed by atoms with Gasteiger partial charge in [0.15, 0.2) is 17.4 Å². The SMILES string of the molecule is CCNC(=NCc1nnc2ccccn12)NCCCNc1ccccc1. The van der Waals surface area contributed by atoms with E-state index < -0.39 is 0 Å². The van der Waals surface area contributed by atoms with E-state index in [9.17, 15) is 0 Å². The van der Waals surface area contributed by atoms with Crippen LogP contribution in [0.25, 0.3) is 5.65 Å². The van der Waals surface area contributed by atoms with Crippen LogP contribution in [0.3, 0.4) is 0 Å². The van der Waals surface area contributed by atoms with Gasteiger partial charge in [-0.3, -0.25) is 4.40 Å². The van der Waals surface area contributed by atoms with Gasteiger partial charge in [-0.2, -0.15) is 0 Å². The molecular weight excluding hydrogens is 326 g/mol. The van der Waals surface area contributed by atoms with Crippen molar-refractivity contribution in [3.05, 3.63) is 60.6 Å². The quantitative estimate of drug-likeness (QED) is 0.330. The van der Waals surface area contributed by atoms with Crippen LogP contribution in [0.2, 0.25) is 0 Å². The summed E-state index contributed by atoms with van der Waals surface area (Å²) >= 11 is 0. The first-order chi connectivity index (χ1) is 12.9. The molecule has 3 rings (SSSR count). The minimum atomic E-state index is 0.475. The van der Waals surface area contributed by atoms with Crippen LogP contribution in [0.5, 0.6) is 0 Å². The first-order valence-electron chi connectivity index (χ1n) is 8.96. The summed E-state index contributed by atoms with van der Waals surface area (Å²) in [5.41, 5.74) is 1.98. The highest BCUT2D eigenvalue weighted by atomic mass is 15.3. The van der Waals surface area contributed by atoms with Crippen LogP contribution in [-0.4, -0.2) is 40.2 Å². The number of nitrogens with one attached hydrogen (secondary N) is 3. The molecule has 2 heterocycles. The molecule has 0 aliphatic heterocycles. The zero-order valence-corrected chi connectivity index (χ0v) is 15.0. The maximum Gasteiger partial charge on any atom is 0.191 e. The third-order valence-electron chi connectivity index (χ3n) is 3.86. The average Bonchev–Trinajstić information content (AvgIpc) is 3.10. The van der Waals surface area contributed by atoms with Gasteiger partial charge in [-0.25, -0.2) is 4.99 Å². The Bertz CT molecular complexity index is 826. The molecule has 0 atom stereocenters. The van der Waals surface area contributed by atoms with Crippen molar-refractivity contribution >= 4 is 17.3 Å². The van der Waals surface area contributed by atoms with Gasteiger partial charge in [-0.1, -0.05) is 24.3 Å². The number of fused-ring (bicyclic) bond motifs is 1. The molecule has 136 valence electrons. The Labute approximate surface area is 153 Å². The van der Waals surface area contributed by atoms with Gasteiger partial charge in [-0.15, -0.1) is 10.2 Å². The zero-order chi connectivity index (χ0) is 18.0. The molecule has 0 spiro atoms. The highest BCUT2D eigenvalue weighted by molar-refractivity contribution is 5.79. The molecule has 0 radical (unpaired) electrons. The van der Waals surface area contributed by atoms with Crippen molar-refractivity contribution in [2.75, 3.05) is 25.0 Å². The molecule has 0 aliphatic carbocycles. The Kier molecular flexibility index (Phi) is 6.41. The van der Waals surface area contributed by atoms with E-state index in [0.717, 1.165) is 49.2 Å². The van der Waals surface area contributed by atoms with E-state index in [-0.39, 0.29) is 0 Å². The Morgan fingerprint density at radius 2 is 1.85 bits per heavy atom. The molecular formula is C19H25N7. The van der Waals surface area contributed by atoms with Crippen LogP contribution in [0.1, 0.15) is 19.2 Å². The molecule has 0 amide bonds. The molecule has 0 unspecified atom stereocenters. The fraction of sp³-hybridized carbons (Fsp3) is 0.316. The van der Waals surface area contributed by atoms with E-state index in [1.165, 1.54) is 0 Å². The van der Waals surface area contributed by atoms with Gasteiger partial charge in [0, 0.05) is 31.5 Å². The van der Waals surface area contributed by atoms with Gasteiger partial charge in [0.2, 0.25) is 0 Å². The van der Waals surface area contributed by atoms with Crippen molar-refractivity contribution < 1.29 is 0 Å². The van der Waals surface area contributed by atoms with Crippen LogP contribution in [0.15, 0.2) is 59.7 Å². The van der Waals surface area contributed by atoms with Crippen LogP contribution < -0.4 is 16.0 Å². The standard InChI is InChI=1S/C19H25N7/c1-2-20-19(22-13-8-12-21-16-9-4-3-5-10-16)23-15-18-25-24-17-11-6-7-14-26(17)18/h3-7,9-11,14,21H,2,8,12-13,15H2,1H3,(H2,20,22,23).